The molecule has 0 aliphatic carbocycles. The number of benzene rings is 1. The van der Waals surface area contributed by atoms with Gasteiger partial charge in [0.1, 0.15) is 11.2 Å². The molecule has 1 amide bonds. The zero-order valence-electron chi connectivity index (χ0n) is 19.0. The molecular weight excluding hydrogens is 456 g/mol. The van der Waals surface area contributed by atoms with Gasteiger partial charge >= 0.3 is 0 Å². The maximum Gasteiger partial charge on any atom is 0.224 e. The molecule has 0 fully saturated rings. The molecule has 172 valence electrons. The van der Waals surface area contributed by atoms with E-state index >= 15 is 0 Å². The van der Waals surface area contributed by atoms with Gasteiger partial charge in [0.25, 0.3) is 0 Å². The number of amides is 1. The van der Waals surface area contributed by atoms with Gasteiger partial charge in [-0.1, -0.05) is 19.1 Å². The fraction of sp³-hybridized carbons (Fsp3) is 0.111. The summed E-state index contributed by atoms with van der Waals surface area (Å²) in [4.78, 5) is 24.7. The van der Waals surface area contributed by atoms with Gasteiger partial charge in [0.15, 0.2) is 0 Å². The van der Waals surface area contributed by atoms with Gasteiger partial charge in [-0.15, -0.1) is 0 Å². The Morgan fingerprint density at radius 3 is 2.86 bits per heavy atom. The summed E-state index contributed by atoms with van der Waals surface area (Å²) in [7, 11) is 0. The van der Waals surface area contributed by atoms with E-state index in [4.69, 9.17) is 4.98 Å². The van der Waals surface area contributed by atoms with Crippen molar-refractivity contribution in [1.29, 1.82) is 0 Å². The van der Waals surface area contributed by atoms with Crippen LogP contribution in [0.3, 0.4) is 0 Å². The third kappa shape index (κ3) is 3.98. The molecule has 3 N–H and O–H groups in total. The standard InChI is InChI=1S/C27H22N6OS/c1-2-4-25(34)29-18-11-17(13-28-14-18)21-7-8-23-26(31-21)27(33-32-23)24-12-20-19(16-9-10-35-15-16)5-3-6-22(20)30-24/h3,5-15,30H,2,4H2,1H3,(H,29,34)(H,32,33). The number of H-pyrrole nitrogens is 2. The molecule has 0 saturated carbocycles. The van der Waals surface area contributed by atoms with Gasteiger partial charge in [0, 0.05) is 29.1 Å². The average molecular weight is 479 g/mol. The van der Waals surface area contributed by atoms with Crippen LogP contribution in [0.5, 0.6) is 0 Å². The normalized spacial score (nSPS) is 11.3. The van der Waals surface area contributed by atoms with E-state index in [1.807, 2.05) is 25.1 Å². The molecule has 0 spiro atoms. The van der Waals surface area contributed by atoms with Gasteiger partial charge in [0.05, 0.1) is 28.8 Å². The predicted octanol–water partition coefficient (Wildman–Crippen LogP) is 6.64. The van der Waals surface area contributed by atoms with Crippen LogP contribution in [0, 0.1) is 0 Å². The Morgan fingerprint density at radius 2 is 2.00 bits per heavy atom. The Balaban J connectivity index is 1.40. The minimum atomic E-state index is -0.0207. The van der Waals surface area contributed by atoms with Crippen molar-refractivity contribution in [1.82, 2.24) is 25.1 Å². The van der Waals surface area contributed by atoms with Gasteiger partial charge in [-0.25, -0.2) is 4.98 Å². The molecule has 0 atom stereocenters. The lowest BCUT2D eigenvalue weighted by atomic mass is 10.0. The number of anilines is 1. The van der Waals surface area contributed by atoms with Crippen LogP contribution < -0.4 is 5.32 Å². The summed E-state index contributed by atoms with van der Waals surface area (Å²) < 4.78 is 0. The van der Waals surface area contributed by atoms with Crippen LogP contribution in [0.2, 0.25) is 0 Å². The van der Waals surface area contributed by atoms with Gasteiger partial charge in [-0.2, -0.15) is 16.4 Å². The SMILES string of the molecule is CCCC(=O)Nc1cncc(-c2ccc3[nH]nc(-c4cc5c(-c6ccsc6)cccc5[nH]4)c3n2)c1. The van der Waals surface area contributed by atoms with Crippen molar-refractivity contribution in [2.24, 2.45) is 0 Å². The lowest BCUT2D eigenvalue weighted by Crippen LogP contribution is -2.10. The summed E-state index contributed by atoms with van der Waals surface area (Å²) in [5, 5.41) is 16.0. The van der Waals surface area contributed by atoms with Crippen LogP contribution in [0.25, 0.3) is 55.7 Å². The third-order valence-electron chi connectivity index (χ3n) is 5.95. The second-order valence-electron chi connectivity index (χ2n) is 8.39. The first kappa shape index (κ1) is 21.2. The van der Waals surface area contributed by atoms with Gasteiger partial charge in [-0.05, 0) is 64.7 Å². The molecule has 6 aromatic rings. The molecule has 0 bridgehead atoms. The number of thiophene rings is 1. The number of nitrogens with zero attached hydrogens (tertiary/aromatic N) is 3. The lowest BCUT2D eigenvalue weighted by Gasteiger charge is -2.06. The number of pyridine rings is 2. The Hall–Kier alpha value is -4.30. The monoisotopic (exact) mass is 478 g/mol. The zero-order valence-corrected chi connectivity index (χ0v) is 19.8. The molecule has 35 heavy (non-hydrogen) atoms. The fourth-order valence-electron chi connectivity index (χ4n) is 4.30. The number of nitrogens with one attached hydrogen (secondary N) is 3. The zero-order chi connectivity index (χ0) is 23.8. The quantitative estimate of drug-likeness (QED) is 0.250. The van der Waals surface area contributed by atoms with E-state index < -0.39 is 0 Å². The smallest absolute Gasteiger partial charge is 0.224 e. The number of hydrogen-bond acceptors (Lipinski definition) is 5. The highest BCUT2D eigenvalue weighted by Gasteiger charge is 2.16. The first-order valence-electron chi connectivity index (χ1n) is 11.4. The molecule has 0 unspecified atom stereocenters. The number of hydrogen-bond donors (Lipinski definition) is 3. The van der Waals surface area contributed by atoms with E-state index in [0.29, 0.717) is 12.1 Å². The summed E-state index contributed by atoms with van der Waals surface area (Å²) in [6.07, 6.45) is 4.67. The van der Waals surface area contributed by atoms with E-state index in [1.165, 1.54) is 11.1 Å². The van der Waals surface area contributed by atoms with Crippen molar-refractivity contribution in [2.45, 2.75) is 19.8 Å². The molecule has 0 aliphatic heterocycles. The number of aromatic amines is 2. The first-order chi connectivity index (χ1) is 17.2. The van der Waals surface area contributed by atoms with E-state index in [2.05, 4.69) is 66.6 Å². The van der Waals surface area contributed by atoms with Crippen LogP contribution in [-0.2, 0) is 4.79 Å². The molecule has 8 heteroatoms. The van der Waals surface area contributed by atoms with E-state index in [1.54, 1.807) is 23.7 Å². The molecule has 0 saturated heterocycles. The van der Waals surface area contributed by atoms with Crippen molar-refractivity contribution in [3.05, 3.63) is 71.7 Å². The highest BCUT2D eigenvalue weighted by atomic mass is 32.1. The van der Waals surface area contributed by atoms with Crippen LogP contribution in [-0.4, -0.2) is 31.1 Å². The number of carbonyl (C=O) groups excluding carboxylic acids is 1. The minimum Gasteiger partial charge on any atom is -0.353 e. The van der Waals surface area contributed by atoms with E-state index in [-0.39, 0.29) is 5.91 Å². The number of carbonyl (C=O) groups is 1. The van der Waals surface area contributed by atoms with Gasteiger partial charge < -0.3 is 10.3 Å². The Labute approximate surface area is 205 Å². The van der Waals surface area contributed by atoms with Crippen molar-refractivity contribution in [2.75, 3.05) is 5.32 Å². The Kier molecular flexibility index (Phi) is 5.35. The highest BCUT2D eigenvalue weighted by Crippen LogP contribution is 2.35. The maximum absolute atomic E-state index is 12.0. The Bertz CT molecular complexity index is 1660. The number of rotatable bonds is 6. The predicted molar refractivity (Wildman–Crippen MR) is 141 cm³/mol. The van der Waals surface area contributed by atoms with Crippen molar-refractivity contribution in [3.63, 3.8) is 0 Å². The first-order valence-corrected chi connectivity index (χ1v) is 12.4. The maximum atomic E-state index is 12.0. The summed E-state index contributed by atoms with van der Waals surface area (Å²) in [6, 6.07) is 16.3. The Morgan fingerprint density at radius 1 is 1.06 bits per heavy atom. The fourth-order valence-corrected chi connectivity index (χ4v) is 4.95. The number of fused-ring (bicyclic) bond motifs is 2. The topological polar surface area (TPSA) is 99.4 Å². The van der Waals surface area contributed by atoms with Crippen LogP contribution in [0.15, 0.2) is 71.7 Å². The molecule has 0 radical (unpaired) electrons. The van der Waals surface area contributed by atoms with Crippen LogP contribution in [0.4, 0.5) is 5.69 Å². The molecule has 1 aromatic carbocycles. The lowest BCUT2D eigenvalue weighted by molar-refractivity contribution is -0.116. The van der Waals surface area contributed by atoms with Crippen molar-refractivity contribution < 1.29 is 4.79 Å². The summed E-state index contributed by atoms with van der Waals surface area (Å²) in [5.74, 6) is -0.0207. The van der Waals surface area contributed by atoms with Crippen molar-refractivity contribution >= 4 is 44.9 Å². The van der Waals surface area contributed by atoms with Crippen molar-refractivity contribution in [3.8, 4) is 33.8 Å². The molecule has 5 aromatic heterocycles. The van der Waals surface area contributed by atoms with E-state index in [0.717, 1.165) is 51.0 Å². The highest BCUT2D eigenvalue weighted by molar-refractivity contribution is 7.08. The molecule has 5 heterocycles. The summed E-state index contributed by atoms with van der Waals surface area (Å²) in [5.41, 5.74) is 8.96. The molecule has 0 aliphatic rings. The second-order valence-corrected chi connectivity index (χ2v) is 9.17. The van der Waals surface area contributed by atoms with Crippen LogP contribution >= 0.6 is 11.3 Å². The minimum absolute atomic E-state index is 0.0207. The van der Waals surface area contributed by atoms with Gasteiger partial charge in [0.2, 0.25) is 5.91 Å². The van der Waals surface area contributed by atoms with Crippen LogP contribution in [0.1, 0.15) is 19.8 Å². The van der Waals surface area contributed by atoms with Gasteiger partial charge in [-0.3, -0.25) is 14.9 Å². The molecular formula is C27H22N6OS. The third-order valence-corrected chi connectivity index (χ3v) is 6.64. The average Bonchev–Trinajstić information content (AvgIpc) is 3.63. The molecule has 7 nitrogen and oxygen atoms in total. The largest absolute Gasteiger partial charge is 0.353 e. The second kappa shape index (κ2) is 8.81. The summed E-state index contributed by atoms with van der Waals surface area (Å²) >= 11 is 1.69. The van der Waals surface area contributed by atoms with E-state index in [9.17, 15) is 4.79 Å². The number of aromatic nitrogens is 5. The summed E-state index contributed by atoms with van der Waals surface area (Å²) in [6.45, 7) is 1.98. The molecule has 6 rings (SSSR count).